The van der Waals surface area contributed by atoms with Crippen molar-refractivity contribution in [2.45, 2.75) is 6.92 Å². The number of hydrogen-bond acceptors (Lipinski definition) is 5. The second-order valence-electron chi connectivity index (χ2n) is 5.79. The van der Waals surface area contributed by atoms with Crippen LogP contribution in [0.4, 0.5) is 0 Å². The fourth-order valence-electron chi connectivity index (χ4n) is 3.04. The van der Waals surface area contributed by atoms with E-state index in [4.69, 9.17) is 22.1 Å². The lowest BCUT2D eigenvalue weighted by atomic mass is 10.1. The molecule has 8 heteroatoms. The smallest absolute Gasteiger partial charge is 0.269 e. The first kappa shape index (κ1) is 16.3. The molecule has 0 aliphatic heterocycles. The van der Waals surface area contributed by atoms with Gasteiger partial charge >= 0.3 is 0 Å². The number of pyridine rings is 2. The van der Waals surface area contributed by atoms with Gasteiger partial charge in [0.25, 0.3) is 5.91 Å². The molecule has 4 rings (SSSR count). The number of ether oxygens (including phenoxy) is 1. The third-order valence-electron chi connectivity index (χ3n) is 4.23. The minimum atomic E-state index is -0.612. The largest absolute Gasteiger partial charge is 0.481 e. The van der Waals surface area contributed by atoms with Crippen LogP contribution in [0, 0.1) is 6.92 Å². The SMILES string of the molecule is COc1ncc2c(c(C(N)=O)nn2-c2ccc3nc(Cl)ccc3c2)c1C. The average molecular weight is 368 g/mol. The highest BCUT2D eigenvalue weighted by Crippen LogP contribution is 2.30. The molecule has 0 unspecified atom stereocenters. The summed E-state index contributed by atoms with van der Waals surface area (Å²) in [6, 6.07) is 9.21. The first-order valence-corrected chi connectivity index (χ1v) is 8.16. The molecule has 0 aliphatic carbocycles. The standard InChI is InChI=1S/C18H14ClN5O2/c1-9-15-13(8-21-18(9)26-2)24(23-16(15)17(20)25)11-4-5-12-10(7-11)3-6-14(19)22-12/h3-8H,1-2H3,(H2,20,25). The molecular formula is C18H14ClN5O2. The van der Waals surface area contributed by atoms with Crippen LogP contribution in [0.2, 0.25) is 5.15 Å². The average Bonchev–Trinajstić information content (AvgIpc) is 3.02. The highest BCUT2D eigenvalue weighted by molar-refractivity contribution is 6.29. The van der Waals surface area contributed by atoms with Gasteiger partial charge in [0.05, 0.1) is 30.0 Å². The molecule has 0 radical (unpaired) electrons. The summed E-state index contributed by atoms with van der Waals surface area (Å²) in [5.41, 5.74) is 8.61. The van der Waals surface area contributed by atoms with Gasteiger partial charge in [0, 0.05) is 16.3 Å². The van der Waals surface area contributed by atoms with Crippen LogP contribution < -0.4 is 10.5 Å². The van der Waals surface area contributed by atoms with Crippen molar-refractivity contribution < 1.29 is 9.53 Å². The Morgan fingerprint density at radius 3 is 2.81 bits per heavy atom. The van der Waals surface area contributed by atoms with Gasteiger partial charge in [0.15, 0.2) is 5.69 Å². The number of halogens is 1. The maximum Gasteiger partial charge on any atom is 0.269 e. The zero-order chi connectivity index (χ0) is 18.4. The molecule has 2 N–H and O–H groups in total. The molecule has 0 fully saturated rings. The Hall–Kier alpha value is -3.19. The molecule has 4 aromatic rings. The predicted molar refractivity (Wildman–Crippen MR) is 99.0 cm³/mol. The topological polar surface area (TPSA) is 95.9 Å². The van der Waals surface area contributed by atoms with Crippen molar-refractivity contribution in [2.24, 2.45) is 5.73 Å². The molecule has 0 bridgehead atoms. The maximum absolute atomic E-state index is 11.9. The van der Waals surface area contributed by atoms with Crippen LogP contribution in [-0.2, 0) is 0 Å². The van der Waals surface area contributed by atoms with Gasteiger partial charge in [-0.25, -0.2) is 14.6 Å². The quantitative estimate of drug-likeness (QED) is 0.561. The highest BCUT2D eigenvalue weighted by Gasteiger charge is 2.20. The van der Waals surface area contributed by atoms with E-state index in [9.17, 15) is 4.79 Å². The number of nitrogens with two attached hydrogens (primary N) is 1. The lowest BCUT2D eigenvalue weighted by Gasteiger charge is -2.07. The number of methoxy groups -OCH3 is 1. The van der Waals surface area contributed by atoms with Crippen LogP contribution in [0.5, 0.6) is 5.88 Å². The van der Waals surface area contributed by atoms with E-state index < -0.39 is 5.91 Å². The summed E-state index contributed by atoms with van der Waals surface area (Å²) in [5.74, 6) is -0.184. The third-order valence-corrected chi connectivity index (χ3v) is 4.44. The van der Waals surface area contributed by atoms with Gasteiger partial charge in [-0.05, 0) is 37.3 Å². The molecular weight excluding hydrogens is 354 g/mol. The normalized spacial score (nSPS) is 11.2. The molecule has 7 nitrogen and oxygen atoms in total. The Morgan fingerprint density at radius 1 is 1.27 bits per heavy atom. The number of amides is 1. The fraction of sp³-hybridized carbons (Fsp3) is 0.111. The maximum atomic E-state index is 11.9. The Bertz CT molecular complexity index is 1190. The van der Waals surface area contributed by atoms with Crippen molar-refractivity contribution in [1.29, 1.82) is 0 Å². The predicted octanol–water partition coefficient (Wildman–Crippen LogP) is 3.04. The Kier molecular flexibility index (Phi) is 3.73. The number of benzene rings is 1. The van der Waals surface area contributed by atoms with Crippen LogP contribution in [-0.4, -0.2) is 32.8 Å². The van der Waals surface area contributed by atoms with Crippen molar-refractivity contribution >= 4 is 39.3 Å². The van der Waals surface area contributed by atoms with E-state index in [2.05, 4.69) is 15.1 Å². The van der Waals surface area contributed by atoms with Gasteiger partial charge in [-0.15, -0.1) is 0 Å². The number of carbonyl (C=O) groups is 1. The molecule has 1 amide bonds. The number of aryl methyl sites for hydroxylation is 1. The van der Waals surface area contributed by atoms with E-state index >= 15 is 0 Å². The third kappa shape index (κ3) is 2.44. The van der Waals surface area contributed by atoms with Crippen molar-refractivity contribution in [3.8, 4) is 11.6 Å². The molecule has 1 aromatic carbocycles. The van der Waals surface area contributed by atoms with E-state index in [0.29, 0.717) is 27.5 Å². The zero-order valence-electron chi connectivity index (χ0n) is 14.0. The van der Waals surface area contributed by atoms with Gasteiger partial charge in [-0.1, -0.05) is 11.6 Å². The lowest BCUT2D eigenvalue weighted by Crippen LogP contribution is -2.13. The molecule has 0 aliphatic rings. The molecule has 0 saturated heterocycles. The number of nitrogens with zero attached hydrogens (tertiary/aromatic N) is 4. The van der Waals surface area contributed by atoms with E-state index in [1.165, 1.54) is 7.11 Å². The van der Waals surface area contributed by atoms with Crippen LogP contribution in [0.15, 0.2) is 36.5 Å². The summed E-state index contributed by atoms with van der Waals surface area (Å²) < 4.78 is 6.89. The Labute approximate surface area is 153 Å². The number of fused-ring (bicyclic) bond motifs is 2. The summed E-state index contributed by atoms with van der Waals surface area (Å²) in [7, 11) is 1.52. The van der Waals surface area contributed by atoms with E-state index in [1.807, 2.05) is 31.2 Å². The molecule has 3 aromatic heterocycles. The molecule has 3 heterocycles. The fourth-order valence-corrected chi connectivity index (χ4v) is 3.19. The van der Waals surface area contributed by atoms with Gasteiger partial charge in [0.1, 0.15) is 5.15 Å². The summed E-state index contributed by atoms with van der Waals surface area (Å²) in [6.45, 7) is 1.82. The minimum absolute atomic E-state index is 0.174. The first-order chi connectivity index (χ1) is 12.5. The van der Waals surface area contributed by atoms with Crippen molar-refractivity contribution in [1.82, 2.24) is 19.7 Å². The zero-order valence-corrected chi connectivity index (χ0v) is 14.8. The van der Waals surface area contributed by atoms with Crippen molar-refractivity contribution in [3.05, 3.63) is 52.9 Å². The van der Waals surface area contributed by atoms with Gasteiger partial charge in [-0.3, -0.25) is 4.79 Å². The number of carbonyl (C=O) groups excluding carboxylic acids is 1. The summed E-state index contributed by atoms with van der Waals surface area (Å²) in [6.07, 6.45) is 1.62. The second kappa shape index (κ2) is 5.96. The van der Waals surface area contributed by atoms with Crippen molar-refractivity contribution in [3.63, 3.8) is 0 Å². The van der Waals surface area contributed by atoms with Crippen molar-refractivity contribution in [2.75, 3.05) is 7.11 Å². The van der Waals surface area contributed by atoms with Gasteiger partial charge < -0.3 is 10.5 Å². The van der Waals surface area contributed by atoms with Crippen LogP contribution >= 0.6 is 11.6 Å². The minimum Gasteiger partial charge on any atom is -0.481 e. The summed E-state index contributed by atoms with van der Waals surface area (Å²) in [5, 5.41) is 6.37. The number of aromatic nitrogens is 4. The van der Waals surface area contributed by atoms with E-state index in [-0.39, 0.29) is 5.69 Å². The second-order valence-corrected chi connectivity index (χ2v) is 6.18. The van der Waals surface area contributed by atoms with Crippen LogP contribution in [0.3, 0.4) is 0 Å². The Morgan fingerprint density at radius 2 is 2.08 bits per heavy atom. The van der Waals surface area contributed by atoms with Crippen LogP contribution in [0.1, 0.15) is 16.1 Å². The first-order valence-electron chi connectivity index (χ1n) is 7.78. The summed E-state index contributed by atoms with van der Waals surface area (Å²) >= 11 is 5.94. The molecule has 0 spiro atoms. The summed E-state index contributed by atoms with van der Waals surface area (Å²) in [4.78, 5) is 20.5. The number of rotatable bonds is 3. The highest BCUT2D eigenvalue weighted by atomic mass is 35.5. The lowest BCUT2D eigenvalue weighted by molar-refractivity contribution is 0.0996. The molecule has 0 atom stereocenters. The molecule has 0 saturated carbocycles. The van der Waals surface area contributed by atoms with E-state index in [0.717, 1.165) is 16.6 Å². The molecule has 26 heavy (non-hydrogen) atoms. The van der Waals surface area contributed by atoms with Crippen LogP contribution in [0.25, 0.3) is 27.5 Å². The van der Waals surface area contributed by atoms with Gasteiger partial charge in [0.2, 0.25) is 5.88 Å². The van der Waals surface area contributed by atoms with E-state index in [1.54, 1.807) is 16.9 Å². The Balaban J connectivity index is 2.01. The van der Waals surface area contributed by atoms with Gasteiger partial charge in [-0.2, -0.15) is 5.10 Å². The monoisotopic (exact) mass is 367 g/mol. The number of primary amides is 1. The molecule has 130 valence electrons. The number of hydrogen-bond donors (Lipinski definition) is 1.